The summed E-state index contributed by atoms with van der Waals surface area (Å²) < 4.78 is 2.06. The molecule has 0 aliphatic heterocycles. The van der Waals surface area contributed by atoms with Crippen molar-refractivity contribution in [2.75, 3.05) is 5.32 Å². The van der Waals surface area contributed by atoms with Crippen LogP contribution in [0.5, 0.6) is 0 Å². The highest BCUT2D eigenvalue weighted by atomic mass is 79.9. The molecule has 3 nitrogen and oxygen atoms in total. The third-order valence-electron chi connectivity index (χ3n) is 2.89. The number of para-hydroxylation sites is 2. The van der Waals surface area contributed by atoms with E-state index in [0.29, 0.717) is 6.54 Å². The van der Waals surface area contributed by atoms with Crippen LogP contribution in [0.25, 0.3) is 11.0 Å². The van der Waals surface area contributed by atoms with E-state index in [-0.39, 0.29) is 0 Å². The predicted molar refractivity (Wildman–Crippen MR) is 88.7 cm³/mol. The molecule has 5 heteroatoms. The molecule has 0 fully saturated rings. The highest BCUT2D eigenvalue weighted by molar-refractivity contribution is 9.11. The zero-order chi connectivity index (χ0) is 13.9. The predicted octanol–water partition coefficient (Wildman–Crippen LogP) is 4.77. The fourth-order valence-electron chi connectivity index (χ4n) is 1.90. The molecule has 3 rings (SSSR count). The van der Waals surface area contributed by atoms with E-state index in [9.17, 15) is 0 Å². The number of benzene rings is 2. The summed E-state index contributed by atoms with van der Waals surface area (Å²) >= 11 is 6.99. The Balaban J connectivity index is 1.81. The van der Waals surface area contributed by atoms with Gasteiger partial charge in [0, 0.05) is 14.6 Å². The second-order valence-corrected chi connectivity index (χ2v) is 6.10. The number of anilines is 1. The standard InChI is InChI=1S/C15H11Br2N3/c16-10-5-6-12(17)15(7-10)19-9-11-8-18-13-3-1-2-4-14(13)20-11/h1-8,19H,9H2. The average Bonchev–Trinajstić information content (AvgIpc) is 2.48. The van der Waals surface area contributed by atoms with Crippen molar-refractivity contribution in [2.24, 2.45) is 0 Å². The van der Waals surface area contributed by atoms with Crippen LogP contribution in [0.2, 0.25) is 0 Å². The average molecular weight is 393 g/mol. The van der Waals surface area contributed by atoms with E-state index in [1.165, 1.54) is 0 Å². The van der Waals surface area contributed by atoms with Crippen LogP contribution >= 0.6 is 31.9 Å². The van der Waals surface area contributed by atoms with Gasteiger partial charge in [0.25, 0.3) is 0 Å². The van der Waals surface area contributed by atoms with Crippen molar-refractivity contribution in [2.45, 2.75) is 6.54 Å². The van der Waals surface area contributed by atoms with Crippen molar-refractivity contribution >= 4 is 48.6 Å². The summed E-state index contributed by atoms with van der Waals surface area (Å²) in [5.41, 5.74) is 3.77. The van der Waals surface area contributed by atoms with Gasteiger partial charge in [-0.3, -0.25) is 4.98 Å². The van der Waals surface area contributed by atoms with Gasteiger partial charge in [-0.1, -0.05) is 28.1 Å². The molecule has 0 amide bonds. The molecule has 3 aromatic rings. The summed E-state index contributed by atoms with van der Waals surface area (Å²) in [6.07, 6.45) is 1.81. The number of halogens is 2. The van der Waals surface area contributed by atoms with Gasteiger partial charge < -0.3 is 5.32 Å². The third kappa shape index (κ3) is 2.99. The molecule has 0 radical (unpaired) electrons. The topological polar surface area (TPSA) is 37.8 Å². The van der Waals surface area contributed by atoms with Crippen LogP contribution in [0.4, 0.5) is 5.69 Å². The minimum absolute atomic E-state index is 0.632. The molecule has 0 spiro atoms. The Labute approximate surface area is 133 Å². The maximum atomic E-state index is 4.59. The molecule has 1 aromatic heterocycles. The van der Waals surface area contributed by atoms with Gasteiger partial charge in [-0.2, -0.15) is 0 Å². The maximum absolute atomic E-state index is 4.59. The van der Waals surface area contributed by atoms with E-state index in [2.05, 4.69) is 47.1 Å². The van der Waals surface area contributed by atoms with E-state index in [1.54, 1.807) is 6.20 Å². The first kappa shape index (κ1) is 13.5. The number of aromatic nitrogens is 2. The number of hydrogen-bond donors (Lipinski definition) is 1. The summed E-state index contributed by atoms with van der Waals surface area (Å²) in [6, 6.07) is 13.9. The molecule has 100 valence electrons. The third-order valence-corrected chi connectivity index (χ3v) is 4.07. The monoisotopic (exact) mass is 391 g/mol. The fourth-order valence-corrected chi connectivity index (χ4v) is 2.65. The molecule has 20 heavy (non-hydrogen) atoms. The highest BCUT2D eigenvalue weighted by Gasteiger charge is 2.03. The molecule has 0 saturated heterocycles. The summed E-state index contributed by atoms with van der Waals surface area (Å²) in [6.45, 7) is 0.632. The summed E-state index contributed by atoms with van der Waals surface area (Å²) in [7, 11) is 0. The zero-order valence-corrected chi connectivity index (χ0v) is 13.6. The smallest absolute Gasteiger partial charge is 0.0890 e. The number of nitrogens with one attached hydrogen (secondary N) is 1. The molecule has 0 unspecified atom stereocenters. The lowest BCUT2D eigenvalue weighted by Crippen LogP contribution is -2.03. The molecule has 0 aliphatic rings. The van der Waals surface area contributed by atoms with Crippen molar-refractivity contribution in [1.82, 2.24) is 9.97 Å². The molecule has 0 bridgehead atoms. The summed E-state index contributed by atoms with van der Waals surface area (Å²) in [5, 5.41) is 3.36. The van der Waals surface area contributed by atoms with E-state index >= 15 is 0 Å². The molecular formula is C15H11Br2N3. The summed E-state index contributed by atoms with van der Waals surface area (Å²) in [5.74, 6) is 0. The van der Waals surface area contributed by atoms with Gasteiger partial charge in [0.15, 0.2) is 0 Å². The van der Waals surface area contributed by atoms with Gasteiger partial charge in [-0.15, -0.1) is 0 Å². The van der Waals surface area contributed by atoms with E-state index in [0.717, 1.165) is 31.4 Å². The van der Waals surface area contributed by atoms with Gasteiger partial charge in [0.2, 0.25) is 0 Å². The Morgan fingerprint density at radius 2 is 1.80 bits per heavy atom. The lowest BCUT2D eigenvalue weighted by Gasteiger charge is -2.09. The van der Waals surface area contributed by atoms with Crippen molar-refractivity contribution in [3.05, 3.63) is 63.3 Å². The molecule has 2 aromatic carbocycles. The number of hydrogen-bond acceptors (Lipinski definition) is 3. The second-order valence-electron chi connectivity index (χ2n) is 4.33. The van der Waals surface area contributed by atoms with E-state index in [1.807, 2.05) is 42.5 Å². The first-order valence-electron chi connectivity index (χ1n) is 6.12. The van der Waals surface area contributed by atoms with Crippen LogP contribution in [-0.2, 0) is 6.54 Å². The van der Waals surface area contributed by atoms with Crippen molar-refractivity contribution in [1.29, 1.82) is 0 Å². The van der Waals surface area contributed by atoms with Gasteiger partial charge in [-0.05, 0) is 46.3 Å². The van der Waals surface area contributed by atoms with Crippen molar-refractivity contribution in [3.63, 3.8) is 0 Å². The van der Waals surface area contributed by atoms with Crippen LogP contribution in [0.3, 0.4) is 0 Å². The van der Waals surface area contributed by atoms with Crippen molar-refractivity contribution in [3.8, 4) is 0 Å². The maximum Gasteiger partial charge on any atom is 0.0890 e. The van der Waals surface area contributed by atoms with Gasteiger partial charge in [0.1, 0.15) is 0 Å². The summed E-state index contributed by atoms with van der Waals surface area (Å²) in [4.78, 5) is 9.00. The first-order valence-corrected chi connectivity index (χ1v) is 7.70. The number of rotatable bonds is 3. The van der Waals surface area contributed by atoms with Crippen LogP contribution < -0.4 is 5.32 Å². The first-order chi connectivity index (χ1) is 9.72. The Kier molecular flexibility index (Phi) is 3.98. The van der Waals surface area contributed by atoms with Gasteiger partial charge in [0.05, 0.1) is 29.5 Å². The highest BCUT2D eigenvalue weighted by Crippen LogP contribution is 2.26. The number of fused-ring (bicyclic) bond motifs is 1. The largest absolute Gasteiger partial charge is 0.378 e. The Hall–Kier alpha value is -1.46. The SMILES string of the molecule is Brc1ccc(Br)c(NCc2cnc3ccccc3n2)c1. The molecule has 1 heterocycles. The molecule has 1 N–H and O–H groups in total. The Bertz CT molecular complexity index is 759. The molecule has 0 saturated carbocycles. The van der Waals surface area contributed by atoms with E-state index < -0.39 is 0 Å². The molecule has 0 atom stereocenters. The normalized spacial score (nSPS) is 10.7. The minimum Gasteiger partial charge on any atom is -0.378 e. The van der Waals surface area contributed by atoms with E-state index in [4.69, 9.17) is 0 Å². The molecule has 0 aliphatic carbocycles. The Morgan fingerprint density at radius 1 is 1.00 bits per heavy atom. The van der Waals surface area contributed by atoms with Crippen LogP contribution in [0, 0.1) is 0 Å². The quantitative estimate of drug-likeness (QED) is 0.697. The van der Waals surface area contributed by atoms with Crippen molar-refractivity contribution < 1.29 is 0 Å². The lowest BCUT2D eigenvalue weighted by molar-refractivity contribution is 1.04. The lowest BCUT2D eigenvalue weighted by atomic mass is 10.3. The Morgan fingerprint density at radius 3 is 2.65 bits per heavy atom. The number of nitrogens with zero attached hydrogens (tertiary/aromatic N) is 2. The molecular weight excluding hydrogens is 382 g/mol. The van der Waals surface area contributed by atoms with Gasteiger partial charge in [-0.25, -0.2) is 4.98 Å². The van der Waals surface area contributed by atoms with Crippen LogP contribution in [0.1, 0.15) is 5.69 Å². The fraction of sp³-hybridized carbons (Fsp3) is 0.0667. The van der Waals surface area contributed by atoms with Gasteiger partial charge >= 0.3 is 0 Å². The zero-order valence-electron chi connectivity index (χ0n) is 10.5. The second kappa shape index (κ2) is 5.89. The minimum atomic E-state index is 0.632. The van der Waals surface area contributed by atoms with Crippen LogP contribution in [0.15, 0.2) is 57.6 Å². The van der Waals surface area contributed by atoms with Crippen LogP contribution in [-0.4, -0.2) is 9.97 Å².